The molecule has 6 heteroatoms. The summed E-state index contributed by atoms with van der Waals surface area (Å²) >= 11 is 0. The Morgan fingerprint density at radius 2 is 2.00 bits per heavy atom. The minimum atomic E-state index is -0.864. The van der Waals surface area contributed by atoms with Crippen LogP contribution in [0.15, 0.2) is 30.3 Å². The van der Waals surface area contributed by atoms with Crippen molar-refractivity contribution in [1.82, 2.24) is 10.2 Å². The third-order valence-electron chi connectivity index (χ3n) is 4.22. The molecule has 0 bridgehead atoms. The van der Waals surface area contributed by atoms with Crippen molar-refractivity contribution >= 4 is 17.9 Å². The van der Waals surface area contributed by atoms with E-state index in [2.05, 4.69) is 5.32 Å². The Morgan fingerprint density at radius 3 is 2.64 bits per heavy atom. The van der Waals surface area contributed by atoms with E-state index in [1.165, 1.54) is 0 Å². The first-order chi connectivity index (χ1) is 10.5. The van der Waals surface area contributed by atoms with Gasteiger partial charge < -0.3 is 10.1 Å². The van der Waals surface area contributed by atoms with Crippen LogP contribution in [0.2, 0.25) is 0 Å². The van der Waals surface area contributed by atoms with Gasteiger partial charge >= 0.3 is 12.0 Å². The van der Waals surface area contributed by atoms with Gasteiger partial charge in [-0.25, -0.2) is 4.79 Å². The lowest BCUT2D eigenvalue weighted by atomic mass is 9.96. The maximum Gasteiger partial charge on any atom is 0.326 e. The Labute approximate surface area is 128 Å². The molecule has 3 amide bonds. The molecular formula is C16H18N2O4. The van der Waals surface area contributed by atoms with Crippen molar-refractivity contribution in [3.63, 3.8) is 0 Å². The first-order valence-electron chi connectivity index (χ1n) is 7.34. The molecular weight excluding hydrogens is 284 g/mol. The molecule has 1 unspecified atom stereocenters. The van der Waals surface area contributed by atoms with Crippen LogP contribution in [0.3, 0.4) is 0 Å². The lowest BCUT2D eigenvalue weighted by Crippen LogP contribution is -2.46. The van der Waals surface area contributed by atoms with E-state index < -0.39 is 17.5 Å². The number of esters is 1. The van der Waals surface area contributed by atoms with Gasteiger partial charge in [0.15, 0.2) is 0 Å². The van der Waals surface area contributed by atoms with Crippen LogP contribution in [0.5, 0.6) is 0 Å². The van der Waals surface area contributed by atoms with Gasteiger partial charge in [0.1, 0.15) is 18.7 Å². The number of hydrogen-bond donors (Lipinski definition) is 1. The molecule has 1 aliphatic heterocycles. The number of rotatable bonds is 5. The van der Waals surface area contributed by atoms with Crippen molar-refractivity contribution in [2.24, 2.45) is 5.92 Å². The molecule has 1 aliphatic carbocycles. The highest BCUT2D eigenvalue weighted by Crippen LogP contribution is 2.42. The van der Waals surface area contributed by atoms with E-state index in [0.717, 1.165) is 23.3 Å². The molecule has 22 heavy (non-hydrogen) atoms. The van der Waals surface area contributed by atoms with Gasteiger partial charge in [-0.3, -0.25) is 14.5 Å². The van der Waals surface area contributed by atoms with Crippen LogP contribution in [-0.4, -0.2) is 34.9 Å². The molecule has 116 valence electrons. The number of carbonyl (C=O) groups is 3. The zero-order valence-corrected chi connectivity index (χ0v) is 12.4. The van der Waals surface area contributed by atoms with E-state index in [1.807, 2.05) is 30.3 Å². The fourth-order valence-corrected chi connectivity index (χ4v) is 2.71. The van der Waals surface area contributed by atoms with E-state index in [9.17, 15) is 14.4 Å². The van der Waals surface area contributed by atoms with Crippen molar-refractivity contribution in [2.75, 3.05) is 6.54 Å². The van der Waals surface area contributed by atoms with Gasteiger partial charge in [0.25, 0.3) is 5.91 Å². The number of hydrogen-bond acceptors (Lipinski definition) is 4. The maximum atomic E-state index is 12.4. The van der Waals surface area contributed by atoms with Crippen LogP contribution in [0.1, 0.15) is 25.3 Å². The van der Waals surface area contributed by atoms with E-state index in [-0.39, 0.29) is 25.0 Å². The summed E-state index contributed by atoms with van der Waals surface area (Å²) in [6.07, 6.45) is 1.85. The highest BCUT2D eigenvalue weighted by atomic mass is 16.5. The molecule has 0 aromatic heterocycles. The summed E-state index contributed by atoms with van der Waals surface area (Å²) in [6.45, 7) is 1.50. The molecule has 2 aliphatic rings. The van der Waals surface area contributed by atoms with Gasteiger partial charge in [-0.2, -0.15) is 0 Å². The van der Waals surface area contributed by atoms with Gasteiger partial charge in [-0.1, -0.05) is 30.3 Å². The second-order valence-electron chi connectivity index (χ2n) is 5.94. The quantitative estimate of drug-likeness (QED) is 0.660. The Bertz CT molecular complexity index is 612. The summed E-state index contributed by atoms with van der Waals surface area (Å²) in [5.41, 5.74) is -0.00701. The molecule has 1 aromatic carbocycles. The smallest absolute Gasteiger partial charge is 0.326 e. The minimum absolute atomic E-state index is 0.128. The van der Waals surface area contributed by atoms with Crippen LogP contribution >= 0.6 is 0 Å². The Hall–Kier alpha value is -2.37. The lowest BCUT2D eigenvalue weighted by Gasteiger charge is -2.20. The number of amides is 3. The van der Waals surface area contributed by atoms with Crippen LogP contribution in [-0.2, 0) is 20.9 Å². The normalized spacial score (nSPS) is 24.3. The summed E-state index contributed by atoms with van der Waals surface area (Å²) in [6, 6.07) is 8.73. The van der Waals surface area contributed by atoms with Gasteiger partial charge in [-0.05, 0) is 31.2 Å². The van der Waals surface area contributed by atoms with Crippen LogP contribution < -0.4 is 5.32 Å². The number of ether oxygens (including phenoxy) is 1. The van der Waals surface area contributed by atoms with Crippen LogP contribution in [0.25, 0.3) is 0 Å². The van der Waals surface area contributed by atoms with Crippen molar-refractivity contribution in [1.29, 1.82) is 0 Å². The topological polar surface area (TPSA) is 75.7 Å². The first-order valence-corrected chi connectivity index (χ1v) is 7.34. The standard InChI is InChI=1S/C16H18N2O4/c1-16(12-7-8-12)14(20)18(15(21)17-16)9-13(19)22-10-11-5-3-2-4-6-11/h2-6,12H,7-10H2,1H3,(H,17,21). The Kier molecular flexibility index (Phi) is 3.60. The van der Waals surface area contributed by atoms with Gasteiger partial charge in [0.05, 0.1) is 0 Å². The van der Waals surface area contributed by atoms with Crippen LogP contribution in [0.4, 0.5) is 4.79 Å². The number of carbonyl (C=O) groups excluding carboxylic acids is 3. The molecule has 0 radical (unpaired) electrons. The highest BCUT2D eigenvalue weighted by molar-refractivity contribution is 6.08. The summed E-state index contributed by atoms with van der Waals surface area (Å²) < 4.78 is 5.12. The van der Waals surface area contributed by atoms with Crippen molar-refractivity contribution in [3.8, 4) is 0 Å². The average Bonchev–Trinajstić information content (AvgIpc) is 3.33. The van der Waals surface area contributed by atoms with Crippen molar-refractivity contribution in [3.05, 3.63) is 35.9 Å². The molecule has 0 spiro atoms. The molecule has 1 atom stereocenters. The summed E-state index contributed by atoms with van der Waals surface area (Å²) in [4.78, 5) is 37.1. The van der Waals surface area contributed by atoms with E-state index in [4.69, 9.17) is 4.74 Å². The van der Waals surface area contributed by atoms with E-state index in [0.29, 0.717) is 0 Å². The highest BCUT2D eigenvalue weighted by Gasteiger charge is 2.56. The summed E-state index contributed by atoms with van der Waals surface area (Å²) in [5.74, 6) is -0.752. The second kappa shape index (κ2) is 5.44. The van der Waals surface area contributed by atoms with Gasteiger partial charge in [0, 0.05) is 0 Å². The Balaban J connectivity index is 1.57. The fourth-order valence-electron chi connectivity index (χ4n) is 2.71. The van der Waals surface area contributed by atoms with Gasteiger partial charge in [0.2, 0.25) is 0 Å². The molecule has 1 saturated carbocycles. The number of imide groups is 1. The molecule has 1 saturated heterocycles. The average molecular weight is 302 g/mol. The number of benzene rings is 1. The van der Waals surface area contributed by atoms with Gasteiger partial charge in [-0.15, -0.1) is 0 Å². The zero-order chi connectivity index (χ0) is 15.7. The largest absolute Gasteiger partial charge is 0.459 e. The SMILES string of the molecule is CC1(C2CC2)NC(=O)N(CC(=O)OCc2ccccc2)C1=O. The molecule has 2 fully saturated rings. The third-order valence-corrected chi connectivity index (χ3v) is 4.22. The molecule has 3 rings (SSSR count). The molecule has 1 aromatic rings. The fraction of sp³-hybridized carbons (Fsp3) is 0.438. The first kappa shape index (κ1) is 14.6. The maximum absolute atomic E-state index is 12.4. The predicted octanol–water partition coefficient (Wildman–Crippen LogP) is 1.45. The third kappa shape index (κ3) is 2.68. The second-order valence-corrected chi connectivity index (χ2v) is 5.94. The van der Waals surface area contributed by atoms with Crippen LogP contribution in [0, 0.1) is 5.92 Å². The van der Waals surface area contributed by atoms with Crippen molar-refractivity contribution < 1.29 is 19.1 Å². The van der Waals surface area contributed by atoms with E-state index >= 15 is 0 Å². The molecule has 6 nitrogen and oxygen atoms in total. The predicted molar refractivity (Wildman–Crippen MR) is 77.6 cm³/mol. The Morgan fingerprint density at radius 1 is 1.32 bits per heavy atom. The molecule has 1 heterocycles. The minimum Gasteiger partial charge on any atom is -0.459 e. The molecule has 1 N–H and O–H groups in total. The monoisotopic (exact) mass is 302 g/mol. The number of nitrogens with one attached hydrogen (secondary N) is 1. The van der Waals surface area contributed by atoms with Crippen molar-refractivity contribution in [2.45, 2.75) is 31.9 Å². The van der Waals surface area contributed by atoms with E-state index in [1.54, 1.807) is 6.92 Å². The zero-order valence-electron chi connectivity index (χ0n) is 12.4. The summed E-state index contributed by atoms with van der Waals surface area (Å²) in [7, 11) is 0. The summed E-state index contributed by atoms with van der Waals surface area (Å²) in [5, 5.41) is 2.70. The number of urea groups is 1. The lowest BCUT2D eigenvalue weighted by molar-refractivity contribution is -0.148. The number of nitrogens with zero attached hydrogens (tertiary/aromatic N) is 1.